The van der Waals surface area contributed by atoms with Crippen molar-refractivity contribution in [3.63, 3.8) is 0 Å². The average Bonchev–Trinajstić information content (AvgIpc) is 2.13. The Labute approximate surface area is 76.1 Å². The molecule has 1 saturated heterocycles. The quantitative estimate of drug-likeness (QED) is 0.659. The van der Waals surface area contributed by atoms with Gasteiger partial charge in [0, 0.05) is 19.3 Å². The van der Waals surface area contributed by atoms with Crippen LogP contribution >= 0.6 is 0 Å². The minimum Gasteiger partial charge on any atom is -0.389 e. The number of pyridine rings is 1. The largest absolute Gasteiger partial charge is 0.389 e. The maximum Gasteiger partial charge on any atom is 0.146 e. The standard InChI is InChI=1S/C9H9N3O/c10-4-7-2-1-3-11-9(7)12-5-8(13)6-12/h1-3,8,13H,5-6H2. The minimum absolute atomic E-state index is 0.270. The van der Waals surface area contributed by atoms with E-state index in [4.69, 9.17) is 10.4 Å². The fourth-order valence-corrected chi connectivity index (χ4v) is 1.36. The molecule has 0 radical (unpaired) electrons. The molecule has 1 aromatic heterocycles. The van der Waals surface area contributed by atoms with Crippen LogP contribution in [0.5, 0.6) is 0 Å². The molecule has 0 spiro atoms. The second-order valence-corrected chi connectivity index (χ2v) is 3.05. The maximum absolute atomic E-state index is 9.09. The van der Waals surface area contributed by atoms with E-state index < -0.39 is 0 Å². The molecule has 1 aliphatic heterocycles. The Morgan fingerprint density at radius 1 is 1.62 bits per heavy atom. The summed E-state index contributed by atoms with van der Waals surface area (Å²) >= 11 is 0. The van der Waals surface area contributed by atoms with Crippen molar-refractivity contribution in [2.24, 2.45) is 0 Å². The number of β-amino-alcohol motifs (C(OH)–C–C–N with tert-alkyl or cyclic N) is 1. The lowest BCUT2D eigenvalue weighted by atomic mass is 10.1. The maximum atomic E-state index is 9.09. The molecule has 2 heterocycles. The van der Waals surface area contributed by atoms with E-state index in [0.29, 0.717) is 24.5 Å². The zero-order valence-corrected chi connectivity index (χ0v) is 7.01. The lowest BCUT2D eigenvalue weighted by molar-refractivity contribution is 0.141. The summed E-state index contributed by atoms with van der Waals surface area (Å²) in [7, 11) is 0. The molecule has 0 amide bonds. The molecule has 0 aromatic carbocycles. The van der Waals surface area contributed by atoms with Crippen LogP contribution in [0.4, 0.5) is 5.82 Å². The van der Waals surface area contributed by atoms with Gasteiger partial charge in [-0.2, -0.15) is 5.26 Å². The fraction of sp³-hybridized carbons (Fsp3) is 0.333. The molecule has 0 unspecified atom stereocenters. The van der Waals surface area contributed by atoms with Gasteiger partial charge in [-0.05, 0) is 12.1 Å². The van der Waals surface area contributed by atoms with E-state index in [1.807, 2.05) is 4.90 Å². The molecule has 13 heavy (non-hydrogen) atoms. The lowest BCUT2D eigenvalue weighted by Crippen LogP contribution is -2.51. The zero-order chi connectivity index (χ0) is 9.26. The van der Waals surface area contributed by atoms with Gasteiger partial charge in [0.2, 0.25) is 0 Å². The molecule has 0 atom stereocenters. The molecule has 4 nitrogen and oxygen atoms in total. The van der Waals surface area contributed by atoms with Crippen molar-refractivity contribution in [2.75, 3.05) is 18.0 Å². The van der Waals surface area contributed by atoms with Crippen LogP contribution in [0.3, 0.4) is 0 Å². The van der Waals surface area contributed by atoms with Crippen molar-refractivity contribution >= 4 is 5.82 Å². The predicted molar refractivity (Wildman–Crippen MR) is 47.2 cm³/mol. The van der Waals surface area contributed by atoms with Crippen LogP contribution < -0.4 is 4.90 Å². The molecular weight excluding hydrogens is 166 g/mol. The molecule has 0 bridgehead atoms. The highest BCUT2D eigenvalue weighted by Gasteiger charge is 2.26. The van der Waals surface area contributed by atoms with E-state index in [1.54, 1.807) is 18.3 Å². The van der Waals surface area contributed by atoms with E-state index in [9.17, 15) is 0 Å². The van der Waals surface area contributed by atoms with Gasteiger partial charge in [0.1, 0.15) is 11.9 Å². The number of hydrogen-bond acceptors (Lipinski definition) is 4. The van der Waals surface area contributed by atoms with Gasteiger partial charge in [0.25, 0.3) is 0 Å². The van der Waals surface area contributed by atoms with E-state index in [1.165, 1.54) is 0 Å². The van der Waals surface area contributed by atoms with Crippen molar-refractivity contribution in [1.82, 2.24) is 4.98 Å². The van der Waals surface area contributed by atoms with Crippen molar-refractivity contribution in [1.29, 1.82) is 5.26 Å². The molecule has 1 aromatic rings. The first-order chi connectivity index (χ1) is 6.31. The van der Waals surface area contributed by atoms with Crippen LogP contribution in [0.1, 0.15) is 5.56 Å². The van der Waals surface area contributed by atoms with Gasteiger partial charge in [-0.25, -0.2) is 4.98 Å². The number of nitriles is 1. The van der Waals surface area contributed by atoms with Crippen LogP contribution in [-0.4, -0.2) is 29.3 Å². The van der Waals surface area contributed by atoms with Gasteiger partial charge >= 0.3 is 0 Å². The van der Waals surface area contributed by atoms with Gasteiger partial charge in [0.05, 0.1) is 11.7 Å². The normalized spacial score (nSPS) is 16.5. The van der Waals surface area contributed by atoms with Crippen molar-refractivity contribution in [3.05, 3.63) is 23.9 Å². The number of rotatable bonds is 1. The smallest absolute Gasteiger partial charge is 0.146 e. The third-order valence-electron chi connectivity index (χ3n) is 2.07. The summed E-state index contributed by atoms with van der Waals surface area (Å²) in [6.45, 7) is 1.15. The summed E-state index contributed by atoms with van der Waals surface area (Å²) < 4.78 is 0. The van der Waals surface area contributed by atoms with Crippen LogP contribution in [0.15, 0.2) is 18.3 Å². The Morgan fingerprint density at radius 3 is 3.00 bits per heavy atom. The first-order valence-electron chi connectivity index (χ1n) is 4.09. The van der Waals surface area contributed by atoms with E-state index in [0.717, 1.165) is 0 Å². The molecule has 1 fully saturated rings. The summed E-state index contributed by atoms with van der Waals surface area (Å²) in [6, 6.07) is 5.54. The van der Waals surface area contributed by atoms with E-state index in [-0.39, 0.29) is 6.10 Å². The monoisotopic (exact) mass is 175 g/mol. The summed E-state index contributed by atoms with van der Waals surface area (Å²) in [5.74, 6) is 0.676. The number of aromatic nitrogens is 1. The first kappa shape index (κ1) is 8.02. The molecule has 2 rings (SSSR count). The summed E-state index contributed by atoms with van der Waals surface area (Å²) in [4.78, 5) is 5.99. The lowest BCUT2D eigenvalue weighted by Gasteiger charge is -2.37. The number of aliphatic hydroxyl groups excluding tert-OH is 1. The van der Waals surface area contributed by atoms with Gasteiger partial charge in [-0.3, -0.25) is 0 Å². The molecule has 66 valence electrons. The van der Waals surface area contributed by atoms with Gasteiger partial charge < -0.3 is 10.0 Å². The number of aliphatic hydroxyl groups is 1. The van der Waals surface area contributed by atoms with Crippen LogP contribution in [0, 0.1) is 11.3 Å². The van der Waals surface area contributed by atoms with Crippen molar-refractivity contribution in [3.8, 4) is 6.07 Å². The third-order valence-corrected chi connectivity index (χ3v) is 2.07. The van der Waals surface area contributed by atoms with E-state index in [2.05, 4.69) is 11.1 Å². The number of nitrogens with zero attached hydrogens (tertiary/aromatic N) is 3. The molecule has 1 aliphatic rings. The molecular formula is C9H9N3O. The second-order valence-electron chi connectivity index (χ2n) is 3.05. The predicted octanol–water partition coefficient (Wildman–Crippen LogP) is 0.134. The highest BCUT2D eigenvalue weighted by Crippen LogP contribution is 2.21. The average molecular weight is 175 g/mol. The molecule has 0 aliphatic carbocycles. The van der Waals surface area contributed by atoms with Gasteiger partial charge in [-0.1, -0.05) is 0 Å². The van der Waals surface area contributed by atoms with E-state index >= 15 is 0 Å². The van der Waals surface area contributed by atoms with Crippen molar-refractivity contribution < 1.29 is 5.11 Å². The summed E-state index contributed by atoms with van der Waals surface area (Å²) in [5.41, 5.74) is 0.564. The summed E-state index contributed by atoms with van der Waals surface area (Å²) in [6.07, 6.45) is 1.38. The van der Waals surface area contributed by atoms with Crippen LogP contribution in [0.2, 0.25) is 0 Å². The molecule has 1 N–H and O–H groups in total. The first-order valence-corrected chi connectivity index (χ1v) is 4.09. The van der Waals surface area contributed by atoms with Gasteiger partial charge in [-0.15, -0.1) is 0 Å². The number of hydrogen-bond donors (Lipinski definition) is 1. The Bertz CT molecular complexity index is 352. The van der Waals surface area contributed by atoms with Crippen LogP contribution in [-0.2, 0) is 0 Å². The highest BCUT2D eigenvalue weighted by molar-refractivity contribution is 5.55. The molecule has 0 saturated carbocycles. The van der Waals surface area contributed by atoms with Gasteiger partial charge in [0.15, 0.2) is 0 Å². The number of anilines is 1. The summed E-state index contributed by atoms with van der Waals surface area (Å²) in [5, 5.41) is 17.9. The third kappa shape index (κ3) is 1.34. The zero-order valence-electron chi connectivity index (χ0n) is 7.01. The Hall–Kier alpha value is -1.60. The SMILES string of the molecule is N#Cc1cccnc1N1CC(O)C1. The topological polar surface area (TPSA) is 60.2 Å². The Kier molecular flexibility index (Phi) is 1.87. The highest BCUT2D eigenvalue weighted by atomic mass is 16.3. The second kappa shape index (κ2) is 3.04. The Balaban J connectivity index is 2.26. The van der Waals surface area contributed by atoms with Crippen molar-refractivity contribution in [2.45, 2.75) is 6.10 Å². The Morgan fingerprint density at radius 2 is 2.38 bits per heavy atom. The molecule has 4 heteroatoms. The fourth-order valence-electron chi connectivity index (χ4n) is 1.36. The minimum atomic E-state index is -0.270. The van der Waals surface area contributed by atoms with Crippen LogP contribution in [0.25, 0.3) is 0 Å².